The van der Waals surface area contributed by atoms with Gasteiger partial charge in [0.2, 0.25) is 5.91 Å². The van der Waals surface area contributed by atoms with Crippen molar-refractivity contribution in [2.45, 2.75) is 20.3 Å². The van der Waals surface area contributed by atoms with Crippen molar-refractivity contribution in [2.75, 3.05) is 17.2 Å². The highest BCUT2D eigenvalue weighted by Crippen LogP contribution is 2.29. The number of amides is 1. The molecule has 0 spiro atoms. The van der Waals surface area contributed by atoms with Gasteiger partial charge in [-0.1, -0.05) is 41.4 Å². The van der Waals surface area contributed by atoms with Gasteiger partial charge in [-0.15, -0.1) is 11.3 Å². The summed E-state index contributed by atoms with van der Waals surface area (Å²) >= 11 is 13.7. The lowest BCUT2D eigenvalue weighted by Gasteiger charge is -2.08. The van der Waals surface area contributed by atoms with Crippen LogP contribution < -0.4 is 10.6 Å². The van der Waals surface area contributed by atoms with E-state index < -0.39 is 0 Å². The van der Waals surface area contributed by atoms with E-state index in [-0.39, 0.29) is 12.5 Å². The van der Waals surface area contributed by atoms with Gasteiger partial charge in [-0.2, -0.15) is 0 Å². The summed E-state index contributed by atoms with van der Waals surface area (Å²) in [5, 5.41) is 7.59. The molecule has 0 bridgehead atoms. The van der Waals surface area contributed by atoms with Crippen molar-refractivity contribution >= 4 is 51.3 Å². The van der Waals surface area contributed by atoms with Crippen LogP contribution in [0.2, 0.25) is 10.0 Å². The molecule has 0 aliphatic heterocycles. The van der Waals surface area contributed by atoms with E-state index in [2.05, 4.69) is 22.5 Å². The molecule has 3 rings (SSSR count). The molecule has 27 heavy (non-hydrogen) atoms. The lowest BCUT2D eigenvalue weighted by molar-refractivity contribution is -0.114. The second-order valence-corrected chi connectivity index (χ2v) is 8.12. The number of nitrogens with one attached hydrogen (secondary N) is 2. The molecule has 3 aromatic rings. The zero-order valence-electron chi connectivity index (χ0n) is 15.0. The Morgan fingerprint density at radius 3 is 2.74 bits per heavy atom. The summed E-state index contributed by atoms with van der Waals surface area (Å²) < 4.78 is 0. The SMILES string of the molecule is Cc1ccc(NCC(=O)Nc2ncc(Cc3cccc(Cl)c3Cl)s2)cc1C. The van der Waals surface area contributed by atoms with Crippen LogP contribution in [0.15, 0.2) is 42.6 Å². The van der Waals surface area contributed by atoms with Gasteiger partial charge < -0.3 is 10.6 Å². The van der Waals surface area contributed by atoms with Crippen molar-refractivity contribution in [3.8, 4) is 0 Å². The number of carbonyl (C=O) groups excluding carboxylic acids is 1. The molecule has 2 aromatic carbocycles. The Hall–Kier alpha value is -2.08. The van der Waals surface area contributed by atoms with E-state index in [1.807, 2.05) is 37.3 Å². The topological polar surface area (TPSA) is 54.0 Å². The standard InChI is InChI=1S/C20H19Cl2N3OS/c1-12-6-7-15(8-13(12)2)23-11-18(26)25-20-24-10-16(27-20)9-14-4-3-5-17(21)19(14)22/h3-8,10,23H,9,11H2,1-2H3,(H,24,25,26). The minimum Gasteiger partial charge on any atom is -0.376 e. The third kappa shape index (κ3) is 5.22. The monoisotopic (exact) mass is 419 g/mol. The number of halogens is 2. The fourth-order valence-electron chi connectivity index (χ4n) is 2.52. The summed E-state index contributed by atoms with van der Waals surface area (Å²) in [6.45, 7) is 4.28. The van der Waals surface area contributed by atoms with E-state index in [9.17, 15) is 4.79 Å². The van der Waals surface area contributed by atoms with Gasteiger partial charge in [-0.25, -0.2) is 4.98 Å². The number of benzene rings is 2. The summed E-state index contributed by atoms with van der Waals surface area (Å²) in [4.78, 5) is 17.4. The number of aryl methyl sites for hydroxylation is 2. The quantitative estimate of drug-likeness (QED) is 0.537. The molecule has 2 N–H and O–H groups in total. The largest absolute Gasteiger partial charge is 0.376 e. The van der Waals surface area contributed by atoms with E-state index >= 15 is 0 Å². The first-order valence-corrected chi connectivity index (χ1v) is 9.98. The van der Waals surface area contributed by atoms with Gasteiger partial charge in [0.1, 0.15) is 0 Å². The lowest BCUT2D eigenvalue weighted by Crippen LogP contribution is -2.21. The molecule has 140 valence electrons. The number of anilines is 2. The van der Waals surface area contributed by atoms with Crippen LogP contribution in [-0.2, 0) is 11.2 Å². The second-order valence-electron chi connectivity index (χ2n) is 6.22. The van der Waals surface area contributed by atoms with Gasteiger partial charge in [0.25, 0.3) is 0 Å². The van der Waals surface area contributed by atoms with Crippen molar-refractivity contribution in [1.82, 2.24) is 4.98 Å². The smallest absolute Gasteiger partial charge is 0.245 e. The summed E-state index contributed by atoms with van der Waals surface area (Å²) in [5.41, 5.74) is 4.26. The van der Waals surface area contributed by atoms with Gasteiger partial charge in [0, 0.05) is 23.2 Å². The maximum absolute atomic E-state index is 12.2. The van der Waals surface area contributed by atoms with E-state index in [4.69, 9.17) is 23.2 Å². The van der Waals surface area contributed by atoms with Crippen LogP contribution in [0, 0.1) is 13.8 Å². The van der Waals surface area contributed by atoms with Crippen molar-refractivity contribution in [1.29, 1.82) is 0 Å². The third-order valence-corrected chi connectivity index (χ3v) is 5.93. The number of thiazole rings is 1. The van der Waals surface area contributed by atoms with Crippen molar-refractivity contribution in [3.63, 3.8) is 0 Å². The number of aromatic nitrogens is 1. The Kier molecular flexibility index (Phi) is 6.37. The molecule has 0 atom stereocenters. The zero-order chi connectivity index (χ0) is 19.4. The summed E-state index contributed by atoms with van der Waals surface area (Å²) in [7, 11) is 0. The van der Waals surface area contributed by atoms with Crippen LogP contribution in [-0.4, -0.2) is 17.4 Å². The number of hydrogen-bond donors (Lipinski definition) is 2. The zero-order valence-corrected chi connectivity index (χ0v) is 17.3. The van der Waals surface area contributed by atoms with Crippen molar-refractivity contribution < 1.29 is 4.79 Å². The molecule has 4 nitrogen and oxygen atoms in total. The molecule has 1 heterocycles. The fraction of sp³-hybridized carbons (Fsp3) is 0.200. The van der Waals surface area contributed by atoms with Gasteiger partial charge in [-0.3, -0.25) is 4.79 Å². The normalized spacial score (nSPS) is 10.7. The molecule has 0 aliphatic rings. The molecular formula is C20H19Cl2N3OS. The molecule has 7 heteroatoms. The van der Waals surface area contributed by atoms with E-state index in [0.717, 1.165) is 16.1 Å². The molecule has 0 aliphatic carbocycles. The molecule has 0 saturated heterocycles. The molecule has 0 saturated carbocycles. The molecule has 0 unspecified atom stereocenters. The predicted molar refractivity (Wildman–Crippen MR) is 114 cm³/mol. The number of nitrogens with zero attached hydrogens (tertiary/aromatic N) is 1. The Bertz CT molecular complexity index is 972. The maximum Gasteiger partial charge on any atom is 0.245 e. The molecule has 1 amide bonds. The van der Waals surface area contributed by atoms with Crippen LogP contribution in [0.1, 0.15) is 21.6 Å². The predicted octanol–water partition coefficient (Wildman–Crippen LogP) is 5.71. The van der Waals surface area contributed by atoms with E-state index in [0.29, 0.717) is 21.6 Å². The molecule has 0 radical (unpaired) electrons. The van der Waals surface area contributed by atoms with Gasteiger partial charge in [0.05, 0.1) is 16.6 Å². The summed E-state index contributed by atoms with van der Waals surface area (Å²) in [6, 6.07) is 11.6. The average Bonchev–Trinajstić information content (AvgIpc) is 3.07. The minimum absolute atomic E-state index is 0.144. The van der Waals surface area contributed by atoms with Gasteiger partial charge in [0.15, 0.2) is 5.13 Å². The molecule has 1 aromatic heterocycles. The molecular weight excluding hydrogens is 401 g/mol. The van der Waals surface area contributed by atoms with E-state index in [1.54, 1.807) is 12.3 Å². The summed E-state index contributed by atoms with van der Waals surface area (Å²) in [6.07, 6.45) is 2.36. The lowest BCUT2D eigenvalue weighted by atomic mass is 10.1. The number of rotatable bonds is 6. The van der Waals surface area contributed by atoms with Crippen LogP contribution in [0.3, 0.4) is 0 Å². The van der Waals surface area contributed by atoms with Crippen LogP contribution in [0.25, 0.3) is 0 Å². The van der Waals surface area contributed by atoms with Crippen molar-refractivity contribution in [3.05, 3.63) is 74.2 Å². The van der Waals surface area contributed by atoms with Crippen LogP contribution in [0.5, 0.6) is 0 Å². The highest BCUT2D eigenvalue weighted by atomic mass is 35.5. The summed E-state index contributed by atoms with van der Waals surface area (Å²) in [5.74, 6) is -0.144. The first-order valence-electron chi connectivity index (χ1n) is 8.41. The highest BCUT2D eigenvalue weighted by molar-refractivity contribution is 7.15. The molecule has 0 fully saturated rings. The first-order chi connectivity index (χ1) is 12.9. The average molecular weight is 420 g/mol. The van der Waals surface area contributed by atoms with Crippen LogP contribution >= 0.6 is 34.5 Å². The third-order valence-electron chi connectivity index (χ3n) is 4.16. The van der Waals surface area contributed by atoms with E-state index in [1.165, 1.54) is 22.5 Å². The Balaban J connectivity index is 1.56. The maximum atomic E-state index is 12.2. The Morgan fingerprint density at radius 1 is 1.15 bits per heavy atom. The first kappa shape index (κ1) is 19.7. The van der Waals surface area contributed by atoms with Crippen molar-refractivity contribution in [2.24, 2.45) is 0 Å². The van der Waals surface area contributed by atoms with Gasteiger partial charge >= 0.3 is 0 Å². The number of carbonyl (C=O) groups is 1. The Labute approximate surface area is 172 Å². The minimum atomic E-state index is -0.144. The highest BCUT2D eigenvalue weighted by Gasteiger charge is 2.10. The Morgan fingerprint density at radius 2 is 1.96 bits per heavy atom. The van der Waals surface area contributed by atoms with Gasteiger partial charge in [-0.05, 0) is 48.7 Å². The number of hydrogen-bond acceptors (Lipinski definition) is 4. The fourth-order valence-corrected chi connectivity index (χ4v) is 3.76. The van der Waals surface area contributed by atoms with Crippen LogP contribution in [0.4, 0.5) is 10.8 Å². The second kappa shape index (κ2) is 8.74.